The Morgan fingerprint density at radius 1 is 1.58 bits per heavy atom. The first-order valence-corrected chi connectivity index (χ1v) is 5.29. The fraction of sp³-hybridized carbons (Fsp3) is 0.833. The predicted octanol–water partition coefficient (Wildman–Crippen LogP) is 3.07. The van der Waals surface area contributed by atoms with Gasteiger partial charge >= 0.3 is 5.97 Å². The van der Waals surface area contributed by atoms with Gasteiger partial charge < -0.3 is 4.74 Å². The van der Waals surface area contributed by atoms with Crippen molar-refractivity contribution in [3.63, 3.8) is 0 Å². The van der Waals surface area contributed by atoms with Crippen molar-refractivity contribution in [2.75, 3.05) is 6.61 Å². The molecule has 0 fully saturated rings. The van der Waals surface area contributed by atoms with Gasteiger partial charge in [-0.15, -0.1) is 0 Å². The third-order valence-electron chi connectivity index (χ3n) is 0.953. The molecule has 1 atom stereocenters. The largest absolute Gasteiger partial charge is 0.465 e. The normalized spacial score (nSPS) is 14.1. The minimum absolute atomic E-state index is 0.0938. The van der Waals surface area contributed by atoms with Gasteiger partial charge in [-0.1, -0.05) is 50.7 Å². The summed E-state index contributed by atoms with van der Waals surface area (Å²) in [4.78, 5) is 10.4. The fourth-order valence-electron chi connectivity index (χ4n) is 0.519. The van der Waals surface area contributed by atoms with Crippen LogP contribution in [0.2, 0.25) is 0 Å². The van der Waals surface area contributed by atoms with Gasteiger partial charge in [-0.05, 0) is 6.92 Å². The summed E-state index contributed by atoms with van der Waals surface area (Å²) >= 11 is 19.4. The van der Waals surface area contributed by atoms with Crippen molar-refractivity contribution in [1.29, 1.82) is 0 Å². The lowest BCUT2D eigenvalue weighted by Crippen LogP contribution is -2.22. The number of alkyl halides is 4. The smallest absolute Gasteiger partial charge is 0.319 e. The van der Waals surface area contributed by atoms with Crippen molar-refractivity contribution in [1.82, 2.24) is 0 Å². The summed E-state index contributed by atoms with van der Waals surface area (Å²) in [5, 5.41) is 0. The lowest BCUT2D eigenvalue weighted by molar-refractivity contribution is -0.142. The standard InChI is InChI=1S/C6H8BrCl3O2/c1-2-12-5(11)4(7)3-6(8,9)10/h4H,2-3H2,1H3. The number of halogens is 4. The second-order valence-electron chi connectivity index (χ2n) is 2.04. The van der Waals surface area contributed by atoms with Gasteiger partial charge in [0.25, 0.3) is 0 Å². The van der Waals surface area contributed by atoms with Crippen LogP contribution < -0.4 is 0 Å². The number of carbonyl (C=O) groups is 1. The molecule has 0 heterocycles. The topological polar surface area (TPSA) is 26.3 Å². The van der Waals surface area contributed by atoms with Crippen LogP contribution in [0.25, 0.3) is 0 Å². The summed E-state index contributed by atoms with van der Waals surface area (Å²) in [6.45, 7) is 2.04. The lowest BCUT2D eigenvalue weighted by Gasteiger charge is -2.14. The molecule has 12 heavy (non-hydrogen) atoms. The first kappa shape index (κ1) is 12.8. The Labute approximate surface area is 94.6 Å². The molecular weight excluding hydrogens is 290 g/mol. The van der Waals surface area contributed by atoms with Crippen LogP contribution in [0.1, 0.15) is 13.3 Å². The Hall–Kier alpha value is 0.820. The van der Waals surface area contributed by atoms with E-state index in [1.165, 1.54) is 0 Å². The molecule has 0 aromatic heterocycles. The summed E-state index contributed by atoms with van der Waals surface area (Å²) in [5.41, 5.74) is 0. The monoisotopic (exact) mass is 296 g/mol. The van der Waals surface area contributed by atoms with Crippen molar-refractivity contribution < 1.29 is 9.53 Å². The molecule has 0 bridgehead atoms. The zero-order chi connectivity index (χ0) is 9.78. The van der Waals surface area contributed by atoms with Gasteiger partial charge in [-0.3, -0.25) is 4.79 Å². The van der Waals surface area contributed by atoms with Gasteiger partial charge in [-0.2, -0.15) is 0 Å². The van der Waals surface area contributed by atoms with E-state index in [1.807, 2.05) is 0 Å². The van der Waals surface area contributed by atoms with Crippen LogP contribution in [0.15, 0.2) is 0 Å². The first-order valence-electron chi connectivity index (χ1n) is 3.24. The van der Waals surface area contributed by atoms with Crippen LogP contribution in [0.3, 0.4) is 0 Å². The maximum Gasteiger partial charge on any atom is 0.319 e. The highest BCUT2D eigenvalue weighted by atomic mass is 79.9. The molecular formula is C6H8BrCl3O2. The van der Waals surface area contributed by atoms with Crippen LogP contribution in [0.5, 0.6) is 0 Å². The number of rotatable bonds is 3. The van der Waals surface area contributed by atoms with Crippen LogP contribution >= 0.6 is 50.7 Å². The fourth-order valence-corrected chi connectivity index (χ4v) is 2.16. The zero-order valence-corrected chi connectivity index (χ0v) is 10.2. The Balaban J connectivity index is 3.87. The molecule has 0 spiro atoms. The van der Waals surface area contributed by atoms with Crippen molar-refractivity contribution in [2.24, 2.45) is 0 Å². The van der Waals surface area contributed by atoms with E-state index >= 15 is 0 Å². The molecule has 0 aliphatic carbocycles. The van der Waals surface area contributed by atoms with E-state index in [0.29, 0.717) is 6.61 Å². The van der Waals surface area contributed by atoms with Gasteiger partial charge in [0.05, 0.1) is 6.61 Å². The van der Waals surface area contributed by atoms with Crippen molar-refractivity contribution in [3.05, 3.63) is 0 Å². The summed E-state index contributed by atoms with van der Waals surface area (Å²) in [5.74, 6) is -0.413. The van der Waals surface area contributed by atoms with Crippen molar-refractivity contribution >= 4 is 56.7 Å². The molecule has 1 unspecified atom stereocenters. The highest BCUT2D eigenvalue weighted by Crippen LogP contribution is 2.33. The maximum absolute atomic E-state index is 11.0. The van der Waals surface area contributed by atoms with Crippen molar-refractivity contribution in [3.8, 4) is 0 Å². The van der Waals surface area contributed by atoms with Gasteiger partial charge in [0, 0.05) is 6.42 Å². The maximum atomic E-state index is 11.0. The Morgan fingerprint density at radius 3 is 2.42 bits per heavy atom. The molecule has 0 rings (SSSR count). The van der Waals surface area contributed by atoms with Gasteiger partial charge in [0.2, 0.25) is 0 Å². The molecule has 0 aromatic rings. The molecule has 0 radical (unpaired) electrons. The summed E-state index contributed by atoms with van der Waals surface area (Å²) in [6.07, 6.45) is 0.0938. The van der Waals surface area contributed by atoms with Gasteiger partial charge in [0.15, 0.2) is 3.79 Å². The Bertz CT molecular complexity index is 157. The van der Waals surface area contributed by atoms with E-state index in [2.05, 4.69) is 20.7 Å². The minimum Gasteiger partial charge on any atom is -0.465 e. The second-order valence-corrected chi connectivity index (χ2v) is 5.66. The highest BCUT2D eigenvalue weighted by molar-refractivity contribution is 9.10. The minimum atomic E-state index is -1.43. The average Bonchev–Trinajstić information content (AvgIpc) is 1.84. The Kier molecular flexibility index (Phi) is 5.91. The van der Waals surface area contributed by atoms with Crippen LogP contribution in [0.4, 0.5) is 0 Å². The van der Waals surface area contributed by atoms with Crippen LogP contribution in [0, 0.1) is 0 Å². The summed E-state index contributed by atoms with van der Waals surface area (Å²) < 4.78 is 3.26. The average molecular weight is 298 g/mol. The molecule has 0 aliphatic rings. The number of ether oxygens (including phenoxy) is 1. The molecule has 72 valence electrons. The second kappa shape index (κ2) is 5.53. The van der Waals surface area contributed by atoms with Crippen LogP contribution in [-0.2, 0) is 9.53 Å². The summed E-state index contributed by atoms with van der Waals surface area (Å²) in [7, 11) is 0. The molecule has 0 N–H and O–H groups in total. The number of esters is 1. The number of carbonyl (C=O) groups excluding carboxylic acids is 1. The van der Waals surface area contributed by atoms with E-state index in [0.717, 1.165) is 0 Å². The van der Waals surface area contributed by atoms with Gasteiger partial charge in [0.1, 0.15) is 4.83 Å². The van der Waals surface area contributed by atoms with E-state index in [9.17, 15) is 4.79 Å². The van der Waals surface area contributed by atoms with E-state index in [4.69, 9.17) is 34.8 Å². The predicted molar refractivity (Wildman–Crippen MR) is 54.3 cm³/mol. The third-order valence-corrected chi connectivity index (χ3v) is 2.11. The highest BCUT2D eigenvalue weighted by Gasteiger charge is 2.28. The molecule has 0 aliphatic heterocycles. The van der Waals surface area contributed by atoms with E-state index < -0.39 is 14.6 Å². The molecule has 6 heteroatoms. The molecule has 0 saturated heterocycles. The quantitative estimate of drug-likeness (QED) is 0.591. The third kappa shape index (κ3) is 6.35. The van der Waals surface area contributed by atoms with E-state index in [-0.39, 0.29) is 6.42 Å². The number of hydrogen-bond donors (Lipinski definition) is 0. The molecule has 0 aromatic carbocycles. The SMILES string of the molecule is CCOC(=O)C(Br)CC(Cl)(Cl)Cl. The molecule has 0 amide bonds. The lowest BCUT2D eigenvalue weighted by atomic mass is 10.3. The van der Waals surface area contributed by atoms with Gasteiger partial charge in [-0.25, -0.2) is 0 Å². The molecule has 0 saturated carbocycles. The Morgan fingerprint density at radius 2 is 2.08 bits per heavy atom. The molecule has 2 nitrogen and oxygen atoms in total. The number of hydrogen-bond acceptors (Lipinski definition) is 2. The zero-order valence-electron chi connectivity index (χ0n) is 6.32. The van der Waals surface area contributed by atoms with Crippen LogP contribution in [-0.4, -0.2) is 21.2 Å². The summed E-state index contributed by atoms with van der Waals surface area (Å²) in [6, 6.07) is 0. The van der Waals surface area contributed by atoms with Crippen molar-refractivity contribution in [2.45, 2.75) is 22.0 Å². The first-order chi connectivity index (χ1) is 5.37. The van der Waals surface area contributed by atoms with E-state index in [1.54, 1.807) is 6.92 Å².